The number of rotatable bonds is 18. The highest BCUT2D eigenvalue weighted by Gasteiger charge is 2.48. The van der Waals surface area contributed by atoms with E-state index in [9.17, 15) is 25.2 Å². The number of hydrogen-bond acceptors (Lipinski definition) is 10. The van der Waals surface area contributed by atoms with Gasteiger partial charge in [0.1, 0.15) is 30.2 Å². The molecule has 4 unspecified atom stereocenters. The summed E-state index contributed by atoms with van der Waals surface area (Å²) in [5.41, 5.74) is 4.17. The van der Waals surface area contributed by atoms with Crippen molar-refractivity contribution in [3.05, 3.63) is 81.6 Å². The Morgan fingerprint density at radius 1 is 0.959 bits per heavy atom. The molecule has 2 amide bonds. The fourth-order valence-corrected chi connectivity index (χ4v) is 6.11. The maximum Gasteiger partial charge on any atom is 0.314 e. The van der Waals surface area contributed by atoms with Crippen molar-refractivity contribution in [1.82, 2.24) is 15.6 Å². The van der Waals surface area contributed by atoms with Gasteiger partial charge in [-0.1, -0.05) is 41.4 Å². The summed E-state index contributed by atoms with van der Waals surface area (Å²) in [5, 5.41) is 53.9. The Kier molecular flexibility index (Phi) is 13.1. The van der Waals surface area contributed by atoms with E-state index in [2.05, 4.69) is 15.6 Å². The number of hydrogen-bond donors (Lipinski definition) is 7. The van der Waals surface area contributed by atoms with Crippen LogP contribution in [0, 0.1) is 0 Å². The van der Waals surface area contributed by atoms with Crippen LogP contribution in [0.5, 0.6) is 5.75 Å². The van der Waals surface area contributed by atoms with Gasteiger partial charge in [0.15, 0.2) is 0 Å². The van der Waals surface area contributed by atoms with Crippen LogP contribution in [-0.4, -0.2) is 100.0 Å². The Balaban J connectivity index is 1.10. The fourth-order valence-electron chi connectivity index (χ4n) is 5.58. The number of ether oxygens (including phenoxy) is 3. The summed E-state index contributed by atoms with van der Waals surface area (Å²) in [7, 11) is 0. The Hall–Kier alpha value is -3.04. The van der Waals surface area contributed by atoms with Gasteiger partial charge < -0.3 is 50.4 Å². The van der Waals surface area contributed by atoms with Gasteiger partial charge in [-0.25, -0.2) is 4.79 Å². The lowest BCUT2D eigenvalue weighted by atomic mass is 9.96. The van der Waals surface area contributed by atoms with Crippen molar-refractivity contribution in [2.75, 3.05) is 32.9 Å². The number of nitrogens with one attached hydrogen (secondary N) is 2. The number of halogens is 2. The van der Waals surface area contributed by atoms with Gasteiger partial charge in [0, 0.05) is 46.7 Å². The van der Waals surface area contributed by atoms with Crippen molar-refractivity contribution in [1.29, 1.82) is 0 Å². The molecule has 1 saturated carbocycles. The first-order valence-corrected chi connectivity index (χ1v) is 17.1. The van der Waals surface area contributed by atoms with E-state index in [4.69, 9.17) is 42.5 Å². The second kappa shape index (κ2) is 17.3. The Morgan fingerprint density at radius 3 is 2.39 bits per heavy atom. The van der Waals surface area contributed by atoms with E-state index in [1.165, 1.54) is 0 Å². The predicted molar refractivity (Wildman–Crippen MR) is 183 cm³/mol. The lowest BCUT2D eigenvalue weighted by molar-refractivity contribution is -0.113. The molecule has 1 aliphatic carbocycles. The van der Waals surface area contributed by atoms with Crippen LogP contribution >= 0.6 is 23.2 Å². The van der Waals surface area contributed by atoms with Gasteiger partial charge in [-0.05, 0) is 73.1 Å². The fraction of sp³-hybridized carbons (Fsp3) is 0.486. The maximum atomic E-state index is 12.1. The molecule has 266 valence electrons. The summed E-state index contributed by atoms with van der Waals surface area (Å²) in [6.45, 7) is 0.633. The van der Waals surface area contributed by atoms with Crippen LogP contribution in [0.25, 0.3) is 11.1 Å². The minimum atomic E-state index is -1.76. The Labute approximate surface area is 295 Å². The highest BCUT2D eigenvalue weighted by atomic mass is 35.5. The summed E-state index contributed by atoms with van der Waals surface area (Å²) in [5.74, 6) is 0.800. The minimum absolute atomic E-state index is 0.0434. The van der Waals surface area contributed by atoms with Gasteiger partial charge in [-0.2, -0.15) is 0 Å². The van der Waals surface area contributed by atoms with Crippen LogP contribution in [0.1, 0.15) is 42.4 Å². The number of pyridine rings is 1. The molecule has 2 aromatic carbocycles. The Morgan fingerprint density at radius 2 is 1.67 bits per heavy atom. The molecule has 14 heteroatoms. The number of urea groups is 1. The molecule has 5 rings (SSSR count). The number of aliphatic hydroxyl groups is 5. The van der Waals surface area contributed by atoms with Gasteiger partial charge in [-0.15, -0.1) is 0 Å². The van der Waals surface area contributed by atoms with Gasteiger partial charge in [0.25, 0.3) is 0 Å². The predicted octanol–water partition coefficient (Wildman–Crippen LogP) is 3.10. The van der Waals surface area contributed by atoms with Crippen molar-refractivity contribution in [3.63, 3.8) is 0 Å². The van der Waals surface area contributed by atoms with Gasteiger partial charge in [0.2, 0.25) is 0 Å². The van der Waals surface area contributed by atoms with Gasteiger partial charge in [0.05, 0.1) is 38.1 Å². The van der Waals surface area contributed by atoms with E-state index in [0.29, 0.717) is 49.1 Å². The molecule has 4 atom stereocenters. The first kappa shape index (κ1) is 37.2. The SMILES string of the molecule is O=C(NCCCCc1cc(Cl)c(COC2(c3cnccc3-c3ccccc3OC3COC3)CC2)cc1Cl)NCC(O)C(O)C(O)C(O)CO. The zero-order chi connectivity index (χ0) is 35.0. The summed E-state index contributed by atoms with van der Waals surface area (Å²) in [4.78, 5) is 16.5. The zero-order valence-electron chi connectivity index (χ0n) is 26.9. The van der Waals surface area contributed by atoms with Crippen LogP contribution in [0.2, 0.25) is 10.0 Å². The van der Waals surface area contributed by atoms with Crippen LogP contribution < -0.4 is 15.4 Å². The number of aryl methyl sites for hydroxylation is 1. The van der Waals surface area contributed by atoms with Crippen LogP contribution in [0.15, 0.2) is 54.9 Å². The monoisotopic (exact) mass is 719 g/mol. The number of carbonyl (C=O) groups excluding carboxylic acids is 1. The molecular formula is C35H43Cl2N3O9. The van der Waals surface area contributed by atoms with Crippen molar-refractivity contribution < 1.29 is 44.5 Å². The first-order valence-electron chi connectivity index (χ1n) is 16.4. The van der Waals surface area contributed by atoms with E-state index in [0.717, 1.165) is 46.4 Å². The third-order valence-electron chi connectivity index (χ3n) is 8.77. The highest BCUT2D eigenvalue weighted by Crippen LogP contribution is 2.53. The molecule has 2 fully saturated rings. The molecule has 0 bridgehead atoms. The third kappa shape index (κ3) is 9.60. The molecule has 2 aliphatic rings. The van der Waals surface area contributed by atoms with Crippen LogP contribution in [0.3, 0.4) is 0 Å². The molecule has 3 aromatic rings. The van der Waals surface area contributed by atoms with E-state index < -0.39 is 42.7 Å². The second-order valence-corrected chi connectivity index (χ2v) is 13.2. The molecule has 7 N–H and O–H groups in total. The summed E-state index contributed by atoms with van der Waals surface area (Å²) in [6, 6.07) is 13.1. The van der Waals surface area contributed by atoms with Crippen molar-refractivity contribution in [2.45, 2.75) is 74.8 Å². The molecule has 1 aliphatic heterocycles. The highest BCUT2D eigenvalue weighted by molar-refractivity contribution is 6.34. The molecule has 1 aromatic heterocycles. The standard InChI is InChI=1S/C35H43Cl2N3O9/c36-27-14-22(28(37)13-21(27)5-3-4-11-39-34(46)40-16-29(42)32(44)33(45)30(43)17-41)18-48-35(9-10-35)26-15-38-12-8-24(26)25-6-1-2-7-31(25)49-23-19-47-20-23/h1-2,6-8,12-15,23,29-30,32-33,41-45H,3-5,9-11,16-20H2,(H2,39,40,46). The largest absolute Gasteiger partial charge is 0.485 e. The summed E-state index contributed by atoms with van der Waals surface area (Å²) in [6.07, 6.45) is 0.705. The summed E-state index contributed by atoms with van der Waals surface area (Å²) < 4.78 is 18.1. The Bertz CT molecular complexity index is 1560. The zero-order valence-corrected chi connectivity index (χ0v) is 28.4. The van der Waals surface area contributed by atoms with Gasteiger partial charge in [-0.3, -0.25) is 4.98 Å². The molecule has 1 saturated heterocycles. The maximum absolute atomic E-state index is 12.1. The van der Waals surface area contributed by atoms with E-state index in [1.54, 1.807) is 6.20 Å². The quantitative estimate of drug-likeness (QED) is 0.0965. The molecular weight excluding hydrogens is 677 g/mol. The number of amides is 2. The van der Waals surface area contributed by atoms with E-state index in [-0.39, 0.29) is 19.3 Å². The topological polar surface area (TPSA) is 183 Å². The minimum Gasteiger partial charge on any atom is -0.485 e. The lowest BCUT2D eigenvalue weighted by Crippen LogP contribution is -2.50. The van der Waals surface area contributed by atoms with Gasteiger partial charge >= 0.3 is 6.03 Å². The first-order chi connectivity index (χ1) is 23.6. The molecule has 12 nitrogen and oxygen atoms in total. The van der Waals surface area contributed by atoms with Crippen LogP contribution in [-0.2, 0) is 28.1 Å². The van der Waals surface area contributed by atoms with Crippen LogP contribution in [0.4, 0.5) is 4.79 Å². The summed E-state index contributed by atoms with van der Waals surface area (Å²) >= 11 is 13.4. The lowest BCUT2D eigenvalue weighted by Gasteiger charge is -2.28. The average molecular weight is 721 g/mol. The molecule has 0 spiro atoms. The van der Waals surface area contributed by atoms with Crippen molar-refractivity contribution >= 4 is 29.2 Å². The number of nitrogens with zero attached hydrogens (tertiary/aromatic N) is 1. The number of benzene rings is 2. The number of aromatic nitrogens is 1. The second-order valence-electron chi connectivity index (χ2n) is 12.4. The van der Waals surface area contributed by atoms with E-state index >= 15 is 0 Å². The molecule has 49 heavy (non-hydrogen) atoms. The van der Waals surface area contributed by atoms with E-state index in [1.807, 2.05) is 48.7 Å². The number of para-hydroxylation sites is 1. The number of aliphatic hydroxyl groups excluding tert-OH is 5. The van der Waals surface area contributed by atoms with Crippen molar-refractivity contribution in [3.8, 4) is 16.9 Å². The number of unbranched alkanes of at least 4 members (excludes halogenated alkanes) is 1. The number of carbonyl (C=O) groups is 1. The average Bonchev–Trinajstić information content (AvgIpc) is 3.89. The smallest absolute Gasteiger partial charge is 0.314 e. The van der Waals surface area contributed by atoms with Crippen molar-refractivity contribution in [2.24, 2.45) is 0 Å². The third-order valence-corrected chi connectivity index (χ3v) is 9.47. The molecule has 0 radical (unpaired) electrons. The normalized spacial score (nSPS) is 17.8. The molecule has 2 heterocycles.